The summed E-state index contributed by atoms with van der Waals surface area (Å²) < 4.78 is 0. The monoisotopic (exact) mass is 207 g/mol. The van der Waals surface area contributed by atoms with Crippen LogP contribution in [-0.4, -0.2) is 27.6 Å². The molecule has 15 heavy (non-hydrogen) atoms. The fourth-order valence-electron chi connectivity index (χ4n) is 1.39. The molecule has 1 aromatic heterocycles. The summed E-state index contributed by atoms with van der Waals surface area (Å²) in [4.78, 5) is 18.4. The predicted molar refractivity (Wildman–Crippen MR) is 54.6 cm³/mol. The largest absolute Gasteiger partial charge is 0.480 e. The molecule has 0 unspecified atom stereocenters. The first-order chi connectivity index (χ1) is 7.24. The highest BCUT2D eigenvalue weighted by Gasteiger charge is 2.22. The number of nitrogens with one attached hydrogen (secondary N) is 1. The van der Waals surface area contributed by atoms with E-state index in [9.17, 15) is 4.79 Å². The second kappa shape index (κ2) is 4.25. The first-order valence-corrected chi connectivity index (χ1v) is 5.00. The van der Waals surface area contributed by atoms with E-state index in [1.54, 1.807) is 0 Å². The van der Waals surface area contributed by atoms with Gasteiger partial charge in [0.15, 0.2) is 0 Å². The van der Waals surface area contributed by atoms with E-state index in [1.165, 1.54) is 19.2 Å². The third-order valence-electron chi connectivity index (χ3n) is 2.34. The van der Waals surface area contributed by atoms with Crippen LogP contribution in [-0.2, 0) is 11.2 Å². The molecule has 1 saturated carbocycles. The lowest BCUT2D eigenvalue weighted by Crippen LogP contribution is -2.13. The molecule has 5 heteroatoms. The summed E-state index contributed by atoms with van der Waals surface area (Å²) in [6.45, 7) is -0.111. The Hall–Kier alpha value is -1.65. The Morgan fingerprint density at radius 2 is 2.33 bits per heavy atom. The lowest BCUT2D eigenvalue weighted by atomic mass is 10.2. The summed E-state index contributed by atoms with van der Waals surface area (Å²) in [5.74, 6) is 0.465. The zero-order chi connectivity index (χ0) is 10.7. The van der Waals surface area contributed by atoms with Gasteiger partial charge in [0.25, 0.3) is 0 Å². The smallest absolute Gasteiger partial charge is 0.322 e. The molecule has 1 aromatic rings. The van der Waals surface area contributed by atoms with Gasteiger partial charge in [-0.05, 0) is 25.2 Å². The number of carboxylic acids is 1. The molecule has 2 rings (SSSR count). The highest BCUT2D eigenvalue weighted by molar-refractivity contribution is 5.72. The topological polar surface area (TPSA) is 75.1 Å². The van der Waals surface area contributed by atoms with E-state index in [1.807, 2.05) is 6.07 Å². The lowest BCUT2D eigenvalue weighted by molar-refractivity contribution is -0.134. The van der Waals surface area contributed by atoms with E-state index >= 15 is 0 Å². The number of rotatable bonds is 5. The number of hydrogen-bond donors (Lipinski definition) is 2. The first kappa shape index (κ1) is 9.89. The Labute approximate surface area is 87.6 Å². The van der Waals surface area contributed by atoms with Gasteiger partial charge in [0.05, 0.1) is 0 Å². The summed E-state index contributed by atoms with van der Waals surface area (Å²) in [7, 11) is 0. The van der Waals surface area contributed by atoms with Crippen LogP contribution in [0, 0.1) is 5.92 Å². The molecule has 0 radical (unpaired) electrons. The van der Waals surface area contributed by atoms with E-state index in [-0.39, 0.29) is 6.54 Å². The van der Waals surface area contributed by atoms with Crippen LogP contribution in [0.5, 0.6) is 0 Å². The Balaban J connectivity index is 1.94. The van der Waals surface area contributed by atoms with Crippen molar-refractivity contribution in [2.45, 2.75) is 19.3 Å². The highest BCUT2D eigenvalue weighted by atomic mass is 16.4. The van der Waals surface area contributed by atoms with Gasteiger partial charge < -0.3 is 10.4 Å². The van der Waals surface area contributed by atoms with Crippen molar-refractivity contribution < 1.29 is 9.90 Å². The van der Waals surface area contributed by atoms with Crippen LogP contribution >= 0.6 is 0 Å². The van der Waals surface area contributed by atoms with Crippen molar-refractivity contribution in [1.82, 2.24) is 9.97 Å². The van der Waals surface area contributed by atoms with E-state index in [0.29, 0.717) is 5.82 Å². The molecule has 2 N–H and O–H groups in total. The SMILES string of the molecule is O=C(O)CNc1cc(CC2CC2)ncn1. The molecular formula is C10H13N3O2. The van der Waals surface area contributed by atoms with Gasteiger partial charge in [-0.25, -0.2) is 9.97 Å². The third-order valence-corrected chi connectivity index (χ3v) is 2.34. The fourth-order valence-corrected chi connectivity index (χ4v) is 1.39. The van der Waals surface area contributed by atoms with Crippen LogP contribution in [0.3, 0.4) is 0 Å². The van der Waals surface area contributed by atoms with Crippen molar-refractivity contribution in [3.8, 4) is 0 Å². The fraction of sp³-hybridized carbons (Fsp3) is 0.500. The molecule has 1 heterocycles. The number of nitrogens with zero attached hydrogens (tertiary/aromatic N) is 2. The molecule has 1 fully saturated rings. The van der Waals surface area contributed by atoms with Gasteiger partial charge in [-0.2, -0.15) is 0 Å². The number of carboxylic acid groups (broad SMARTS) is 1. The molecular weight excluding hydrogens is 194 g/mol. The molecule has 1 aliphatic carbocycles. The van der Waals surface area contributed by atoms with Gasteiger partial charge in [-0.15, -0.1) is 0 Å². The average molecular weight is 207 g/mol. The maximum absolute atomic E-state index is 10.3. The van der Waals surface area contributed by atoms with Crippen LogP contribution in [0.2, 0.25) is 0 Å². The minimum absolute atomic E-state index is 0.111. The number of aromatic nitrogens is 2. The third kappa shape index (κ3) is 3.19. The maximum Gasteiger partial charge on any atom is 0.322 e. The van der Waals surface area contributed by atoms with Crippen molar-refractivity contribution in [1.29, 1.82) is 0 Å². The van der Waals surface area contributed by atoms with Gasteiger partial charge in [0, 0.05) is 11.8 Å². The van der Waals surface area contributed by atoms with E-state index in [0.717, 1.165) is 18.0 Å². The molecule has 0 bridgehead atoms. The van der Waals surface area contributed by atoms with Gasteiger partial charge in [0.1, 0.15) is 18.7 Å². The maximum atomic E-state index is 10.3. The van der Waals surface area contributed by atoms with Crippen molar-refractivity contribution >= 4 is 11.8 Å². The van der Waals surface area contributed by atoms with E-state index in [2.05, 4.69) is 15.3 Å². The number of aliphatic carboxylic acids is 1. The lowest BCUT2D eigenvalue weighted by Gasteiger charge is -2.03. The molecule has 0 spiro atoms. The Bertz CT molecular complexity index is 363. The van der Waals surface area contributed by atoms with Crippen LogP contribution < -0.4 is 5.32 Å². The van der Waals surface area contributed by atoms with E-state index < -0.39 is 5.97 Å². The zero-order valence-corrected chi connectivity index (χ0v) is 8.31. The molecule has 1 aliphatic rings. The van der Waals surface area contributed by atoms with Crippen LogP contribution in [0.15, 0.2) is 12.4 Å². The Morgan fingerprint density at radius 3 is 3.00 bits per heavy atom. The van der Waals surface area contributed by atoms with Crippen molar-refractivity contribution in [2.75, 3.05) is 11.9 Å². The zero-order valence-electron chi connectivity index (χ0n) is 8.31. The number of hydrogen-bond acceptors (Lipinski definition) is 4. The molecule has 0 aliphatic heterocycles. The van der Waals surface area contributed by atoms with Crippen molar-refractivity contribution in [3.05, 3.63) is 18.1 Å². The summed E-state index contributed by atoms with van der Waals surface area (Å²) in [6, 6.07) is 1.82. The number of anilines is 1. The van der Waals surface area contributed by atoms with Gasteiger partial charge in [0.2, 0.25) is 0 Å². The van der Waals surface area contributed by atoms with Gasteiger partial charge in [-0.3, -0.25) is 4.79 Å². The molecule has 0 amide bonds. The number of carbonyl (C=O) groups is 1. The summed E-state index contributed by atoms with van der Waals surface area (Å²) in [5, 5.41) is 11.2. The predicted octanol–water partition coefficient (Wildman–Crippen LogP) is 0.926. The molecule has 80 valence electrons. The first-order valence-electron chi connectivity index (χ1n) is 5.00. The Morgan fingerprint density at radius 1 is 1.53 bits per heavy atom. The molecule has 0 aromatic carbocycles. The summed E-state index contributed by atoms with van der Waals surface area (Å²) >= 11 is 0. The van der Waals surface area contributed by atoms with Gasteiger partial charge >= 0.3 is 5.97 Å². The summed E-state index contributed by atoms with van der Waals surface area (Å²) in [6.07, 6.45) is 5.01. The second-order valence-corrected chi connectivity index (χ2v) is 3.79. The van der Waals surface area contributed by atoms with E-state index in [4.69, 9.17) is 5.11 Å². The van der Waals surface area contributed by atoms with Crippen molar-refractivity contribution in [2.24, 2.45) is 5.92 Å². The van der Waals surface area contributed by atoms with Crippen LogP contribution in [0.25, 0.3) is 0 Å². The quantitative estimate of drug-likeness (QED) is 0.751. The minimum Gasteiger partial charge on any atom is -0.480 e. The molecule has 5 nitrogen and oxygen atoms in total. The van der Waals surface area contributed by atoms with Gasteiger partial charge in [-0.1, -0.05) is 0 Å². The average Bonchev–Trinajstić information content (AvgIpc) is 2.99. The van der Waals surface area contributed by atoms with Crippen molar-refractivity contribution in [3.63, 3.8) is 0 Å². The van der Waals surface area contributed by atoms with Crippen LogP contribution in [0.1, 0.15) is 18.5 Å². The Kier molecular flexibility index (Phi) is 2.80. The normalized spacial score (nSPS) is 14.9. The summed E-state index contributed by atoms with van der Waals surface area (Å²) in [5.41, 5.74) is 0.986. The highest BCUT2D eigenvalue weighted by Crippen LogP contribution is 2.32. The molecule has 0 saturated heterocycles. The molecule has 0 atom stereocenters. The standard InChI is InChI=1S/C10H13N3O2/c14-10(15)5-11-9-4-8(12-6-13-9)3-7-1-2-7/h4,6-7H,1-3,5H2,(H,14,15)(H,11,12,13). The second-order valence-electron chi connectivity index (χ2n) is 3.79. The minimum atomic E-state index is -0.891. The van der Waals surface area contributed by atoms with Crippen LogP contribution in [0.4, 0.5) is 5.82 Å².